The molecule has 2 aromatic rings. The molecular formula is C33H37F2N3O3. The number of piperidine rings is 1. The van der Waals surface area contributed by atoms with Gasteiger partial charge in [0.2, 0.25) is 11.8 Å². The lowest BCUT2D eigenvalue weighted by Crippen LogP contribution is -2.89. The average molecular weight is 562 g/mol. The van der Waals surface area contributed by atoms with E-state index in [1.807, 2.05) is 49.4 Å². The molecule has 2 aliphatic heterocycles. The van der Waals surface area contributed by atoms with Gasteiger partial charge in [-0.25, -0.2) is 8.78 Å². The molecule has 41 heavy (non-hydrogen) atoms. The molecule has 3 amide bonds. The van der Waals surface area contributed by atoms with E-state index in [9.17, 15) is 14.4 Å². The Labute approximate surface area is 239 Å². The van der Waals surface area contributed by atoms with Crippen molar-refractivity contribution in [2.75, 3.05) is 6.54 Å². The largest absolute Gasteiger partial charge is 0.322 e. The molecule has 6 atom stereocenters. The highest BCUT2D eigenvalue weighted by Crippen LogP contribution is 2.84. The third-order valence-corrected chi connectivity index (χ3v) is 11.3. The third-order valence-electron chi connectivity index (χ3n) is 11.3. The zero-order chi connectivity index (χ0) is 28.6. The molecule has 8 rings (SSSR count). The molecule has 3 unspecified atom stereocenters. The maximum atomic E-state index is 15.7. The molecule has 8 heteroatoms. The Hall–Kier alpha value is -3.13. The number of benzene rings is 2. The van der Waals surface area contributed by atoms with E-state index in [0.717, 1.165) is 48.8 Å². The van der Waals surface area contributed by atoms with Gasteiger partial charge in [0.25, 0.3) is 11.8 Å². The summed E-state index contributed by atoms with van der Waals surface area (Å²) in [7, 11) is 0. The van der Waals surface area contributed by atoms with E-state index in [-0.39, 0.29) is 30.2 Å². The van der Waals surface area contributed by atoms with Crippen molar-refractivity contribution in [3.63, 3.8) is 0 Å². The molecule has 2 heterocycles. The van der Waals surface area contributed by atoms with Gasteiger partial charge in [-0.2, -0.15) is 0 Å². The van der Waals surface area contributed by atoms with Crippen molar-refractivity contribution in [2.45, 2.75) is 88.3 Å². The summed E-state index contributed by atoms with van der Waals surface area (Å²) in [4.78, 5) is 38.6. The Bertz CT molecular complexity index is 1410. The van der Waals surface area contributed by atoms with Crippen molar-refractivity contribution in [3.8, 4) is 0 Å². The van der Waals surface area contributed by atoms with Crippen LogP contribution in [0.4, 0.5) is 8.78 Å². The van der Waals surface area contributed by atoms with E-state index in [0.29, 0.717) is 37.4 Å². The fourth-order valence-corrected chi connectivity index (χ4v) is 8.86. The minimum Gasteiger partial charge on any atom is -0.322 e. The van der Waals surface area contributed by atoms with Gasteiger partial charge in [0, 0.05) is 31.1 Å². The number of nitrogens with one attached hydrogen (secondary N) is 2. The van der Waals surface area contributed by atoms with Crippen LogP contribution in [0.25, 0.3) is 0 Å². The van der Waals surface area contributed by atoms with Gasteiger partial charge < -0.3 is 10.2 Å². The zero-order valence-corrected chi connectivity index (χ0v) is 23.4. The number of rotatable bonds is 7. The fraction of sp³-hybridized carbons (Fsp3) is 0.545. The van der Waals surface area contributed by atoms with Gasteiger partial charge in [0.15, 0.2) is 0 Å². The second kappa shape index (κ2) is 9.45. The van der Waals surface area contributed by atoms with Crippen LogP contribution >= 0.6 is 0 Å². The van der Waals surface area contributed by atoms with Gasteiger partial charge in [-0.3, -0.25) is 19.7 Å². The Balaban J connectivity index is 1.02. The third kappa shape index (κ3) is 3.71. The molecule has 5 fully saturated rings. The van der Waals surface area contributed by atoms with Crippen LogP contribution in [0.5, 0.6) is 0 Å². The smallest absolute Gasteiger partial charge is 0.264 e. The normalized spacial score (nSPS) is 35.4. The van der Waals surface area contributed by atoms with E-state index >= 15 is 8.78 Å². The number of amides is 3. The fourth-order valence-electron chi connectivity index (χ4n) is 8.86. The second-order valence-corrected chi connectivity index (χ2v) is 13.1. The summed E-state index contributed by atoms with van der Waals surface area (Å²) >= 11 is 0. The van der Waals surface area contributed by atoms with Crippen molar-refractivity contribution in [2.24, 2.45) is 17.3 Å². The quantitative estimate of drug-likeness (QED) is 0.479. The van der Waals surface area contributed by atoms with Crippen molar-refractivity contribution in [1.82, 2.24) is 15.5 Å². The lowest BCUT2D eigenvalue weighted by Gasteiger charge is -2.80. The summed E-state index contributed by atoms with van der Waals surface area (Å²) in [5.74, 6) is -3.31. The number of hydrogen-bond donors (Lipinski definition) is 2. The van der Waals surface area contributed by atoms with Gasteiger partial charge in [-0.1, -0.05) is 62.2 Å². The van der Waals surface area contributed by atoms with Crippen LogP contribution in [-0.4, -0.2) is 47.2 Å². The minimum absolute atomic E-state index is 0.0662. The molecule has 4 aliphatic carbocycles. The molecule has 6 nitrogen and oxygen atoms in total. The van der Waals surface area contributed by atoms with Gasteiger partial charge in [-0.05, 0) is 66.7 Å². The molecule has 0 aromatic heterocycles. The number of hydrogen-bond acceptors (Lipinski definition) is 4. The van der Waals surface area contributed by atoms with Crippen LogP contribution in [-0.2, 0) is 28.0 Å². The number of imide groups is 1. The highest BCUT2D eigenvalue weighted by atomic mass is 19.3. The molecule has 2 aromatic carbocycles. The maximum Gasteiger partial charge on any atom is 0.264 e. The topological polar surface area (TPSA) is 78.5 Å². The second-order valence-electron chi connectivity index (χ2n) is 13.1. The molecule has 216 valence electrons. The molecule has 6 aliphatic rings. The van der Waals surface area contributed by atoms with Crippen LogP contribution in [0.1, 0.15) is 78.9 Å². The highest BCUT2D eigenvalue weighted by Gasteiger charge is 2.92. The van der Waals surface area contributed by atoms with Gasteiger partial charge in [0.1, 0.15) is 6.04 Å². The summed E-state index contributed by atoms with van der Waals surface area (Å²) in [6.07, 6.45) is 6.19. The standard InChI is InChI=1S/C33H37F2N3O3/c1-20-31(18-32(20,33(31,34)35)24-8-3-2-4-9-24)19-36-26-10-6-5-7-22(26)15-21-11-12-25-23(16-21)17-38(30(25)41)27-13-14-28(39)37-29(27)40/h2-4,8-9,11-12,16,20,22,26-27,36H,5-7,10,13-15,17-19H2,1H3,(H,37,39,40)/t20-,22+,26-,27?,31?,32?/m0/s1. The van der Waals surface area contributed by atoms with Crippen LogP contribution in [0.2, 0.25) is 0 Å². The molecular weight excluding hydrogens is 524 g/mol. The monoisotopic (exact) mass is 561 g/mol. The van der Waals surface area contributed by atoms with Crippen LogP contribution in [0.15, 0.2) is 48.5 Å². The summed E-state index contributed by atoms with van der Waals surface area (Å²) in [5.41, 5.74) is 1.42. The first-order valence-electron chi connectivity index (χ1n) is 15.1. The molecule has 2 bridgehead atoms. The van der Waals surface area contributed by atoms with Crippen molar-refractivity contribution in [3.05, 3.63) is 70.8 Å². The molecule has 0 spiro atoms. The van der Waals surface area contributed by atoms with Gasteiger partial charge in [0.05, 0.1) is 10.8 Å². The van der Waals surface area contributed by atoms with Gasteiger partial charge in [-0.15, -0.1) is 0 Å². The minimum atomic E-state index is -2.71. The summed E-state index contributed by atoms with van der Waals surface area (Å²) < 4.78 is 31.4. The summed E-state index contributed by atoms with van der Waals surface area (Å²) in [6, 6.07) is 14.8. The molecule has 4 saturated carbocycles. The number of nitrogens with zero attached hydrogens (tertiary/aromatic N) is 1. The van der Waals surface area contributed by atoms with Crippen molar-refractivity contribution in [1.29, 1.82) is 0 Å². The van der Waals surface area contributed by atoms with E-state index in [1.165, 1.54) is 0 Å². The van der Waals surface area contributed by atoms with Crippen LogP contribution < -0.4 is 10.6 Å². The number of fused-ring (bicyclic) bond motifs is 1. The number of carbonyl (C=O) groups is 3. The predicted octanol–water partition coefficient (Wildman–Crippen LogP) is 4.75. The molecule has 2 N–H and O–H groups in total. The van der Waals surface area contributed by atoms with E-state index in [1.54, 1.807) is 4.90 Å². The maximum absolute atomic E-state index is 15.7. The number of halogens is 2. The predicted molar refractivity (Wildman–Crippen MR) is 149 cm³/mol. The zero-order valence-electron chi connectivity index (χ0n) is 23.4. The van der Waals surface area contributed by atoms with Gasteiger partial charge >= 0.3 is 0 Å². The van der Waals surface area contributed by atoms with E-state index in [4.69, 9.17) is 0 Å². The van der Waals surface area contributed by atoms with Crippen molar-refractivity contribution >= 4 is 17.7 Å². The lowest BCUT2D eigenvalue weighted by atomic mass is 9.25. The summed E-state index contributed by atoms with van der Waals surface area (Å²) in [5, 5.41) is 5.98. The Morgan fingerprint density at radius 2 is 1.80 bits per heavy atom. The summed E-state index contributed by atoms with van der Waals surface area (Å²) in [6.45, 7) is 2.70. The first-order valence-corrected chi connectivity index (χ1v) is 15.1. The Morgan fingerprint density at radius 3 is 2.54 bits per heavy atom. The first-order chi connectivity index (χ1) is 19.7. The number of alkyl halides is 2. The molecule has 1 saturated heterocycles. The lowest BCUT2D eigenvalue weighted by molar-refractivity contribution is -0.408. The van der Waals surface area contributed by atoms with E-state index in [2.05, 4.69) is 16.7 Å². The van der Waals surface area contributed by atoms with E-state index < -0.39 is 28.7 Å². The molecule has 0 radical (unpaired) electrons. The van der Waals surface area contributed by atoms with Crippen LogP contribution in [0, 0.1) is 17.3 Å². The number of carbonyl (C=O) groups excluding carboxylic acids is 3. The Kier molecular flexibility index (Phi) is 6.16. The average Bonchev–Trinajstić information content (AvgIpc) is 3.28. The first kappa shape index (κ1) is 26.7. The SMILES string of the molecule is C[C@H]1C2(CN[C@H]3CCCC[C@@H]3Cc3ccc4c(c3)CN(C3CCC(=O)NC3=O)C4=O)CC1(c1ccccc1)C2(F)F. The van der Waals surface area contributed by atoms with Crippen molar-refractivity contribution < 1.29 is 23.2 Å². The Morgan fingerprint density at radius 1 is 1.02 bits per heavy atom. The van der Waals surface area contributed by atoms with Crippen LogP contribution in [0.3, 0.4) is 0 Å². The highest BCUT2D eigenvalue weighted by molar-refractivity contribution is 6.05.